The molecule has 0 amide bonds. The third kappa shape index (κ3) is 5.09. The largest absolute Gasteiger partial charge is 0.493 e. The van der Waals surface area contributed by atoms with Crippen LogP contribution in [-0.2, 0) is 21.6 Å². The number of carbonyl (C=O) groups is 1. The molecule has 30 heavy (non-hydrogen) atoms. The molecule has 0 bridgehead atoms. The van der Waals surface area contributed by atoms with Crippen LogP contribution in [0.5, 0.6) is 5.75 Å². The van der Waals surface area contributed by atoms with Gasteiger partial charge in [-0.1, -0.05) is 45.0 Å². The molecular formula is C25H28O5. The van der Waals surface area contributed by atoms with E-state index in [0.29, 0.717) is 16.9 Å². The minimum atomic E-state index is -0.454. The van der Waals surface area contributed by atoms with Crippen LogP contribution in [0, 0.1) is 13.8 Å². The van der Waals surface area contributed by atoms with E-state index in [1.165, 1.54) is 11.6 Å². The van der Waals surface area contributed by atoms with Crippen molar-refractivity contribution in [2.45, 2.75) is 53.1 Å². The Kier molecular flexibility index (Phi) is 6.30. The molecule has 1 heterocycles. The number of hydrogen-bond donors (Lipinski definition) is 0. The van der Waals surface area contributed by atoms with Gasteiger partial charge in [0.2, 0.25) is 0 Å². The van der Waals surface area contributed by atoms with Crippen molar-refractivity contribution in [3.05, 3.63) is 75.1 Å². The number of esters is 1. The molecule has 0 radical (unpaired) electrons. The van der Waals surface area contributed by atoms with Gasteiger partial charge in [0.25, 0.3) is 0 Å². The fourth-order valence-electron chi connectivity index (χ4n) is 3.18. The molecular weight excluding hydrogens is 380 g/mol. The lowest BCUT2D eigenvalue weighted by atomic mass is 9.87. The third-order valence-corrected chi connectivity index (χ3v) is 5.20. The van der Waals surface area contributed by atoms with E-state index in [-0.39, 0.29) is 31.0 Å². The minimum absolute atomic E-state index is 0.0176. The lowest BCUT2D eigenvalue weighted by Crippen LogP contribution is -2.12. The topological polar surface area (TPSA) is 65.7 Å². The average Bonchev–Trinajstić information content (AvgIpc) is 2.69. The number of carbonyl (C=O) groups excluding carboxylic acids is 1. The van der Waals surface area contributed by atoms with Crippen molar-refractivity contribution < 1.29 is 18.7 Å². The summed E-state index contributed by atoms with van der Waals surface area (Å²) in [5.74, 6) is 0.333. The summed E-state index contributed by atoms with van der Waals surface area (Å²) in [5.41, 5.74) is 3.96. The SMILES string of the molecule is Cc1ccc2c(COC(=O)CCOc3ccc(C(C)(C)C)cc3)cc(=O)oc2c1C. The molecule has 5 heteroatoms. The fourth-order valence-corrected chi connectivity index (χ4v) is 3.18. The van der Waals surface area contributed by atoms with Gasteiger partial charge in [0.1, 0.15) is 17.9 Å². The first-order valence-corrected chi connectivity index (χ1v) is 10.1. The van der Waals surface area contributed by atoms with E-state index in [1.54, 1.807) is 0 Å². The molecule has 0 N–H and O–H groups in total. The molecule has 3 aromatic rings. The van der Waals surface area contributed by atoms with Gasteiger partial charge >= 0.3 is 11.6 Å². The quantitative estimate of drug-likeness (QED) is 0.413. The van der Waals surface area contributed by atoms with E-state index in [1.807, 2.05) is 50.2 Å². The average molecular weight is 408 g/mol. The summed E-state index contributed by atoms with van der Waals surface area (Å²) in [4.78, 5) is 24.0. The maximum absolute atomic E-state index is 12.1. The normalized spacial score (nSPS) is 11.5. The highest BCUT2D eigenvalue weighted by Crippen LogP contribution is 2.25. The molecule has 0 aliphatic carbocycles. The van der Waals surface area contributed by atoms with Gasteiger partial charge in [0.05, 0.1) is 13.0 Å². The second-order valence-corrected chi connectivity index (χ2v) is 8.51. The van der Waals surface area contributed by atoms with Gasteiger partial charge in [0.15, 0.2) is 0 Å². The summed E-state index contributed by atoms with van der Waals surface area (Å²) in [6, 6.07) is 13.1. The van der Waals surface area contributed by atoms with Gasteiger partial charge in [-0.15, -0.1) is 0 Å². The van der Waals surface area contributed by atoms with Gasteiger partial charge < -0.3 is 13.9 Å². The first kappa shape index (κ1) is 21.6. The molecule has 0 unspecified atom stereocenters. The smallest absolute Gasteiger partial charge is 0.336 e. The van der Waals surface area contributed by atoms with Crippen molar-refractivity contribution >= 4 is 16.9 Å². The first-order valence-electron chi connectivity index (χ1n) is 10.1. The summed E-state index contributed by atoms with van der Waals surface area (Å²) in [5, 5.41) is 0.778. The molecule has 3 rings (SSSR count). The molecule has 0 saturated heterocycles. The van der Waals surface area contributed by atoms with Gasteiger partial charge in [-0.25, -0.2) is 4.79 Å². The molecule has 2 aromatic carbocycles. The van der Waals surface area contributed by atoms with Crippen molar-refractivity contribution in [3.8, 4) is 5.75 Å². The van der Waals surface area contributed by atoms with Gasteiger partial charge in [-0.2, -0.15) is 0 Å². The Bertz CT molecular complexity index is 1100. The maximum atomic E-state index is 12.1. The number of ether oxygens (including phenoxy) is 2. The molecule has 158 valence electrons. The monoisotopic (exact) mass is 408 g/mol. The third-order valence-electron chi connectivity index (χ3n) is 5.20. The van der Waals surface area contributed by atoms with E-state index in [0.717, 1.165) is 16.5 Å². The zero-order chi connectivity index (χ0) is 21.9. The zero-order valence-electron chi connectivity index (χ0n) is 18.2. The highest BCUT2D eigenvalue weighted by molar-refractivity contribution is 5.84. The highest BCUT2D eigenvalue weighted by atomic mass is 16.5. The first-order chi connectivity index (χ1) is 14.1. The summed E-state index contributed by atoms with van der Waals surface area (Å²) < 4.78 is 16.4. The van der Waals surface area contributed by atoms with Crippen molar-refractivity contribution in [3.63, 3.8) is 0 Å². The van der Waals surface area contributed by atoms with Crippen LogP contribution < -0.4 is 10.4 Å². The predicted octanol–water partition coefficient (Wildman–Crippen LogP) is 5.22. The molecule has 0 saturated carbocycles. The second-order valence-electron chi connectivity index (χ2n) is 8.51. The Morgan fingerprint density at radius 1 is 1.03 bits per heavy atom. The molecule has 0 aliphatic rings. The van der Waals surface area contributed by atoms with Crippen LogP contribution in [0.1, 0.15) is 49.4 Å². The van der Waals surface area contributed by atoms with E-state index in [4.69, 9.17) is 13.9 Å². The van der Waals surface area contributed by atoms with Crippen LogP contribution in [0.2, 0.25) is 0 Å². The molecule has 0 fully saturated rings. The molecule has 0 atom stereocenters. The standard InChI is InChI=1S/C25H28O5/c1-16-6-11-21-18(14-23(27)30-24(21)17(16)2)15-29-22(26)12-13-28-20-9-7-19(8-10-20)25(3,4)5/h6-11,14H,12-13,15H2,1-5H3. The Morgan fingerprint density at radius 3 is 2.40 bits per heavy atom. The van der Waals surface area contributed by atoms with Crippen molar-refractivity contribution in [1.29, 1.82) is 0 Å². The van der Waals surface area contributed by atoms with Crippen molar-refractivity contribution in [2.75, 3.05) is 6.61 Å². The van der Waals surface area contributed by atoms with Crippen LogP contribution in [0.25, 0.3) is 11.0 Å². The van der Waals surface area contributed by atoms with Crippen LogP contribution in [0.15, 0.2) is 51.7 Å². The Labute approximate surface area is 176 Å². The Hall–Kier alpha value is -3.08. The summed E-state index contributed by atoms with van der Waals surface area (Å²) in [6.07, 6.45) is 0.124. The molecule has 0 aliphatic heterocycles. The predicted molar refractivity (Wildman–Crippen MR) is 117 cm³/mol. The summed E-state index contributed by atoms with van der Waals surface area (Å²) >= 11 is 0. The maximum Gasteiger partial charge on any atom is 0.336 e. The van der Waals surface area contributed by atoms with Gasteiger partial charge in [0, 0.05) is 17.0 Å². The van der Waals surface area contributed by atoms with E-state index < -0.39 is 5.63 Å². The van der Waals surface area contributed by atoms with E-state index >= 15 is 0 Å². The van der Waals surface area contributed by atoms with Crippen LogP contribution in [0.4, 0.5) is 0 Å². The lowest BCUT2D eigenvalue weighted by Gasteiger charge is -2.19. The van der Waals surface area contributed by atoms with Crippen LogP contribution in [-0.4, -0.2) is 12.6 Å². The van der Waals surface area contributed by atoms with Crippen molar-refractivity contribution in [1.82, 2.24) is 0 Å². The minimum Gasteiger partial charge on any atom is -0.493 e. The van der Waals surface area contributed by atoms with Crippen LogP contribution in [0.3, 0.4) is 0 Å². The zero-order valence-corrected chi connectivity index (χ0v) is 18.2. The summed E-state index contributed by atoms with van der Waals surface area (Å²) in [7, 11) is 0. The second kappa shape index (κ2) is 8.74. The molecule has 1 aromatic heterocycles. The number of fused-ring (bicyclic) bond motifs is 1. The van der Waals surface area contributed by atoms with Crippen LogP contribution >= 0.6 is 0 Å². The number of rotatable bonds is 6. The number of aryl methyl sites for hydroxylation is 2. The van der Waals surface area contributed by atoms with Gasteiger partial charge in [-0.05, 0) is 48.1 Å². The fraction of sp³-hybridized carbons (Fsp3) is 0.360. The Morgan fingerprint density at radius 2 is 1.73 bits per heavy atom. The van der Waals surface area contributed by atoms with E-state index in [2.05, 4.69) is 20.8 Å². The Balaban J connectivity index is 1.56. The number of benzene rings is 2. The van der Waals surface area contributed by atoms with Gasteiger partial charge in [-0.3, -0.25) is 4.79 Å². The van der Waals surface area contributed by atoms with Crippen molar-refractivity contribution in [2.24, 2.45) is 0 Å². The number of hydrogen-bond acceptors (Lipinski definition) is 5. The molecule has 5 nitrogen and oxygen atoms in total. The van der Waals surface area contributed by atoms with E-state index in [9.17, 15) is 9.59 Å². The lowest BCUT2D eigenvalue weighted by molar-refractivity contribution is -0.145. The molecule has 0 spiro atoms. The summed E-state index contributed by atoms with van der Waals surface area (Å²) in [6.45, 7) is 10.6. The highest BCUT2D eigenvalue weighted by Gasteiger charge is 2.14.